The molecule has 0 amide bonds. The van der Waals surface area contributed by atoms with Gasteiger partial charge in [0.05, 0.1) is 0 Å². The lowest BCUT2D eigenvalue weighted by Gasteiger charge is -2.38. The SMILES string of the molecule is c1ccc(C(OC2CCCCN2CCc2ccncc2)c2ccccc2)cc1. The molecule has 1 saturated heterocycles. The van der Waals surface area contributed by atoms with E-state index < -0.39 is 0 Å². The number of rotatable bonds is 7. The van der Waals surface area contributed by atoms with E-state index in [-0.39, 0.29) is 12.3 Å². The Hall–Kier alpha value is -2.49. The Bertz CT molecular complexity index is 783. The zero-order valence-electron chi connectivity index (χ0n) is 16.3. The molecule has 0 N–H and O–H groups in total. The Kier molecular flexibility index (Phi) is 6.48. The summed E-state index contributed by atoms with van der Waals surface area (Å²) >= 11 is 0. The molecule has 0 aliphatic carbocycles. The van der Waals surface area contributed by atoms with Gasteiger partial charge in [-0.3, -0.25) is 9.88 Å². The fraction of sp³-hybridized carbons (Fsp3) is 0.320. The molecule has 2 heterocycles. The van der Waals surface area contributed by atoms with Gasteiger partial charge >= 0.3 is 0 Å². The molecule has 0 bridgehead atoms. The number of aromatic nitrogens is 1. The monoisotopic (exact) mass is 372 g/mol. The molecule has 1 aromatic heterocycles. The molecule has 3 aromatic rings. The zero-order valence-corrected chi connectivity index (χ0v) is 16.3. The minimum Gasteiger partial charge on any atom is -0.350 e. The summed E-state index contributed by atoms with van der Waals surface area (Å²) in [5.74, 6) is 0. The average Bonchev–Trinajstić information content (AvgIpc) is 2.78. The second-order valence-corrected chi connectivity index (χ2v) is 7.43. The van der Waals surface area contributed by atoms with Gasteiger partial charge < -0.3 is 4.74 Å². The predicted molar refractivity (Wildman–Crippen MR) is 113 cm³/mol. The summed E-state index contributed by atoms with van der Waals surface area (Å²) in [4.78, 5) is 6.64. The van der Waals surface area contributed by atoms with Gasteiger partial charge in [0, 0.05) is 25.5 Å². The third kappa shape index (κ3) is 4.86. The normalized spacial score (nSPS) is 17.7. The minimum atomic E-state index is -0.0334. The van der Waals surface area contributed by atoms with Gasteiger partial charge in [-0.25, -0.2) is 0 Å². The van der Waals surface area contributed by atoms with Crippen LogP contribution in [0.2, 0.25) is 0 Å². The van der Waals surface area contributed by atoms with Crippen LogP contribution in [0.3, 0.4) is 0 Å². The van der Waals surface area contributed by atoms with Crippen LogP contribution in [0.5, 0.6) is 0 Å². The summed E-state index contributed by atoms with van der Waals surface area (Å²) in [5.41, 5.74) is 3.77. The lowest BCUT2D eigenvalue weighted by atomic mass is 10.0. The summed E-state index contributed by atoms with van der Waals surface area (Å²) in [6, 6.07) is 25.4. The van der Waals surface area contributed by atoms with Crippen molar-refractivity contribution >= 4 is 0 Å². The van der Waals surface area contributed by atoms with Crippen LogP contribution in [0.4, 0.5) is 0 Å². The first kappa shape index (κ1) is 18.9. The maximum Gasteiger partial charge on any atom is 0.111 e. The lowest BCUT2D eigenvalue weighted by Crippen LogP contribution is -2.43. The van der Waals surface area contributed by atoms with Crippen LogP contribution in [0, 0.1) is 0 Å². The molecule has 28 heavy (non-hydrogen) atoms. The highest BCUT2D eigenvalue weighted by atomic mass is 16.5. The molecule has 0 radical (unpaired) electrons. The van der Waals surface area contributed by atoms with Crippen molar-refractivity contribution in [3.05, 3.63) is 102 Å². The number of ether oxygens (including phenoxy) is 1. The average molecular weight is 373 g/mol. The summed E-state index contributed by atoms with van der Waals surface area (Å²) in [6.45, 7) is 2.12. The van der Waals surface area contributed by atoms with Crippen LogP contribution in [0.1, 0.15) is 42.1 Å². The number of pyridine rings is 1. The second kappa shape index (κ2) is 9.63. The summed E-state index contributed by atoms with van der Waals surface area (Å²) in [6.07, 6.45) is 8.47. The Morgan fingerprint density at radius 1 is 0.857 bits per heavy atom. The lowest BCUT2D eigenvalue weighted by molar-refractivity contribution is -0.105. The van der Waals surface area contributed by atoms with E-state index in [1.54, 1.807) is 0 Å². The van der Waals surface area contributed by atoms with Crippen LogP contribution in [0.15, 0.2) is 85.2 Å². The van der Waals surface area contributed by atoms with Gasteiger partial charge in [-0.15, -0.1) is 0 Å². The highest BCUT2D eigenvalue weighted by molar-refractivity contribution is 5.30. The van der Waals surface area contributed by atoms with Gasteiger partial charge in [0.1, 0.15) is 12.3 Å². The zero-order chi connectivity index (χ0) is 19.0. The quantitative estimate of drug-likeness (QED) is 0.567. The largest absolute Gasteiger partial charge is 0.350 e. The van der Waals surface area contributed by atoms with Gasteiger partial charge in [0.2, 0.25) is 0 Å². The van der Waals surface area contributed by atoms with Crippen molar-refractivity contribution < 1.29 is 4.74 Å². The molecule has 1 atom stereocenters. The standard InChI is InChI=1S/C25H28N2O/c1-3-9-22(10-4-1)25(23-11-5-2-6-12-23)28-24-13-7-8-19-27(24)20-16-21-14-17-26-18-15-21/h1-6,9-12,14-15,17-18,24-25H,7-8,13,16,19-20H2. The second-order valence-electron chi connectivity index (χ2n) is 7.43. The Labute approximate surface area is 168 Å². The first-order valence-corrected chi connectivity index (χ1v) is 10.3. The van der Waals surface area contributed by atoms with E-state index >= 15 is 0 Å². The van der Waals surface area contributed by atoms with E-state index in [9.17, 15) is 0 Å². The summed E-state index contributed by atoms with van der Waals surface area (Å²) in [5, 5.41) is 0. The van der Waals surface area contributed by atoms with E-state index in [0.717, 1.165) is 25.9 Å². The van der Waals surface area contributed by atoms with E-state index in [0.29, 0.717) is 0 Å². The molecule has 1 aliphatic heterocycles. The molecule has 1 unspecified atom stereocenters. The van der Waals surface area contributed by atoms with Gasteiger partial charge in [-0.2, -0.15) is 0 Å². The van der Waals surface area contributed by atoms with E-state index in [1.165, 1.54) is 29.5 Å². The maximum atomic E-state index is 6.78. The molecule has 0 spiro atoms. The van der Waals surface area contributed by atoms with E-state index in [1.807, 2.05) is 12.4 Å². The smallest absolute Gasteiger partial charge is 0.111 e. The molecule has 144 valence electrons. The van der Waals surface area contributed by atoms with Gasteiger partial charge in [-0.05, 0) is 54.5 Å². The van der Waals surface area contributed by atoms with E-state index in [4.69, 9.17) is 4.74 Å². The molecule has 1 fully saturated rings. The van der Waals surface area contributed by atoms with Crippen molar-refractivity contribution in [1.82, 2.24) is 9.88 Å². The van der Waals surface area contributed by atoms with Crippen molar-refractivity contribution in [3.8, 4) is 0 Å². The van der Waals surface area contributed by atoms with Crippen LogP contribution < -0.4 is 0 Å². The molecule has 3 nitrogen and oxygen atoms in total. The Morgan fingerprint density at radius 3 is 2.14 bits per heavy atom. The highest BCUT2D eigenvalue weighted by Crippen LogP contribution is 2.31. The number of benzene rings is 2. The molecule has 0 saturated carbocycles. The molecule has 1 aliphatic rings. The van der Waals surface area contributed by atoms with Crippen molar-refractivity contribution in [2.45, 2.75) is 38.0 Å². The first-order valence-electron chi connectivity index (χ1n) is 10.3. The first-order chi connectivity index (χ1) is 13.9. The third-order valence-electron chi connectivity index (χ3n) is 5.49. The predicted octanol–water partition coefficient (Wildman–Crippen LogP) is 5.24. The number of hydrogen-bond acceptors (Lipinski definition) is 3. The van der Waals surface area contributed by atoms with Crippen LogP contribution >= 0.6 is 0 Å². The Morgan fingerprint density at radius 2 is 1.50 bits per heavy atom. The number of likely N-dealkylation sites (tertiary alicyclic amines) is 1. The number of hydrogen-bond donors (Lipinski definition) is 0. The van der Waals surface area contributed by atoms with Crippen molar-refractivity contribution in [1.29, 1.82) is 0 Å². The fourth-order valence-corrected chi connectivity index (χ4v) is 3.95. The highest BCUT2D eigenvalue weighted by Gasteiger charge is 2.27. The summed E-state index contributed by atoms with van der Waals surface area (Å²) in [7, 11) is 0. The minimum absolute atomic E-state index is 0.0334. The topological polar surface area (TPSA) is 25.4 Å². The van der Waals surface area contributed by atoms with Crippen molar-refractivity contribution in [3.63, 3.8) is 0 Å². The maximum absolute atomic E-state index is 6.78. The molecule has 4 rings (SSSR count). The van der Waals surface area contributed by atoms with Crippen molar-refractivity contribution in [2.75, 3.05) is 13.1 Å². The van der Waals surface area contributed by atoms with Crippen LogP contribution in [0.25, 0.3) is 0 Å². The molecular weight excluding hydrogens is 344 g/mol. The molecule has 3 heteroatoms. The van der Waals surface area contributed by atoms with Gasteiger partial charge in [-0.1, -0.05) is 60.7 Å². The number of nitrogens with zero attached hydrogens (tertiary/aromatic N) is 2. The molecular formula is C25H28N2O. The van der Waals surface area contributed by atoms with Crippen molar-refractivity contribution in [2.24, 2.45) is 0 Å². The molecule has 2 aromatic carbocycles. The third-order valence-corrected chi connectivity index (χ3v) is 5.49. The van der Waals surface area contributed by atoms with E-state index in [2.05, 4.69) is 82.7 Å². The van der Waals surface area contributed by atoms with Gasteiger partial charge in [0.25, 0.3) is 0 Å². The van der Waals surface area contributed by atoms with Gasteiger partial charge in [0.15, 0.2) is 0 Å². The Balaban J connectivity index is 1.50. The number of piperidine rings is 1. The summed E-state index contributed by atoms with van der Waals surface area (Å²) < 4.78 is 6.78. The fourth-order valence-electron chi connectivity index (χ4n) is 3.95. The van der Waals surface area contributed by atoms with Crippen LogP contribution in [-0.2, 0) is 11.2 Å². The van der Waals surface area contributed by atoms with Crippen LogP contribution in [-0.4, -0.2) is 29.2 Å².